The number of hydrogen-bond acceptors (Lipinski definition) is 8. The summed E-state index contributed by atoms with van der Waals surface area (Å²) in [7, 11) is 0. The molecule has 10 nitrogen and oxygen atoms in total. The second-order valence-corrected chi connectivity index (χ2v) is 14.8. The number of rotatable bonds is 7. The Balaban J connectivity index is 1.37. The number of carboxylic acid groups (broad SMARTS) is 1. The first-order valence-electron chi connectivity index (χ1n) is 16.6. The van der Waals surface area contributed by atoms with Gasteiger partial charge in [0.05, 0.1) is 11.2 Å². The number of nitrogens with one attached hydrogen (secondary N) is 1. The van der Waals surface area contributed by atoms with Gasteiger partial charge in [0.1, 0.15) is 11.9 Å². The molecule has 0 saturated carbocycles. The Morgan fingerprint density at radius 3 is 2.43 bits per heavy atom. The van der Waals surface area contributed by atoms with E-state index in [4.69, 9.17) is 15.6 Å². The van der Waals surface area contributed by atoms with Crippen LogP contribution in [-0.4, -0.2) is 68.8 Å². The number of benzene rings is 1. The maximum Gasteiger partial charge on any atom is 0.429 e. The van der Waals surface area contributed by atoms with Crippen LogP contribution >= 0.6 is 0 Å². The number of hydrogen-bond donors (Lipinski definition) is 3. The molecule has 2 aliphatic heterocycles. The molecule has 6 rings (SSSR count). The first-order chi connectivity index (χ1) is 23.0. The van der Waals surface area contributed by atoms with Crippen LogP contribution in [0.15, 0.2) is 60.3 Å². The number of aliphatic carboxylic acids is 1. The van der Waals surface area contributed by atoms with Crippen LogP contribution in [0.25, 0.3) is 5.57 Å². The lowest BCUT2D eigenvalue weighted by Crippen LogP contribution is -2.55. The molecule has 0 radical (unpaired) electrons. The topological polar surface area (TPSA) is 131 Å². The van der Waals surface area contributed by atoms with Crippen LogP contribution in [-0.2, 0) is 10.3 Å². The number of aryl methyl sites for hydroxylation is 2. The average molecular weight is 680 g/mol. The van der Waals surface area contributed by atoms with Crippen LogP contribution in [0.4, 0.5) is 24.9 Å². The largest absolute Gasteiger partial charge is 0.480 e. The predicted molar refractivity (Wildman–Crippen MR) is 181 cm³/mol. The first-order valence-corrected chi connectivity index (χ1v) is 16.6. The summed E-state index contributed by atoms with van der Waals surface area (Å²) in [6.07, 6.45) is 0.00728. The summed E-state index contributed by atoms with van der Waals surface area (Å²) in [4.78, 5) is 21.9. The maximum atomic E-state index is 15.4. The molecule has 2 fully saturated rings. The van der Waals surface area contributed by atoms with Crippen molar-refractivity contribution in [3.05, 3.63) is 77.1 Å². The highest BCUT2D eigenvalue weighted by atomic mass is 19.4. The Bertz CT molecular complexity index is 1790. The Morgan fingerprint density at radius 1 is 1.10 bits per heavy atom. The van der Waals surface area contributed by atoms with E-state index in [1.165, 1.54) is 12.1 Å². The number of carbonyl (C=O) groups is 1. The van der Waals surface area contributed by atoms with Crippen molar-refractivity contribution < 1.29 is 27.8 Å². The summed E-state index contributed by atoms with van der Waals surface area (Å²) in [5.74, 6) is -0.987. The number of anilines is 2. The minimum atomic E-state index is -4.83. The van der Waals surface area contributed by atoms with Gasteiger partial charge in [-0.25, -0.2) is 0 Å². The van der Waals surface area contributed by atoms with Crippen molar-refractivity contribution in [3.8, 4) is 5.88 Å². The molecular formula is C36H44F3N7O3. The zero-order valence-corrected chi connectivity index (χ0v) is 28.5. The van der Waals surface area contributed by atoms with E-state index in [-0.39, 0.29) is 29.2 Å². The lowest BCUT2D eigenvalue weighted by atomic mass is 9.62. The van der Waals surface area contributed by atoms with Crippen molar-refractivity contribution in [1.29, 1.82) is 0 Å². The molecule has 4 N–H and O–H groups in total. The molecule has 4 heterocycles. The Hall–Kier alpha value is -4.39. The highest BCUT2D eigenvalue weighted by molar-refractivity contribution is 5.74. The number of nitrogens with zero attached hydrogens (tertiary/aromatic N) is 5. The van der Waals surface area contributed by atoms with Crippen LogP contribution in [0.2, 0.25) is 0 Å². The Labute approximate surface area is 284 Å². The summed E-state index contributed by atoms with van der Waals surface area (Å²) in [6.45, 7) is 11.2. The number of halogens is 3. The van der Waals surface area contributed by atoms with Gasteiger partial charge in [0.2, 0.25) is 17.9 Å². The van der Waals surface area contributed by atoms with Crippen LogP contribution < -0.4 is 20.7 Å². The lowest BCUT2D eigenvalue weighted by Gasteiger charge is -2.50. The van der Waals surface area contributed by atoms with Gasteiger partial charge in [-0.1, -0.05) is 62.8 Å². The highest BCUT2D eigenvalue weighted by Crippen LogP contribution is 2.54. The van der Waals surface area contributed by atoms with Crippen molar-refractivity contribution in [2.45, 2.75) is 84.2 Å². The van der Waals surface area contributed by atoms with E-state index in [0.717, 1.165) is 16.7 Å². The van der Waals surface area contributed by atoms with E-state index in [1.807, 2.05) is 63.8 Å². The quantitative estimate of drug-likeness (QED) is 0.272. The number of alkyl halides is 3. The van der Waals surface area contributed by atoms with Gasteiger partial charge < -0.3 is 25.8 Å². The standard InChI is InChI=1S/C36H44F3N7O3/c1-22-7-6-8-24(17-22)25-9-10-26(35(19-25,33(3,4)5)46-14-11-23(2)44-46)30(36(37,38)39)49-29-18-28(42-32(40)43-29)45-15-12-34(13-16-45)20-27(31(47)48)41-21-34/h6-11,14,17-18,27,30,41H,12-13,15-16,19-21H2,1-5H3,(H,47,48)(H2,40,42,43)/t27-,30+,35?/m0/s1. The number of ether oxygens (including phenoxy) is 1. The van der Waals surface area contributed by atoms with E-state index in [2.05, 4.69) is 15.3 Å². The zero-order valence-electron chi connectivity index (χ0n) is 28.5. The molecule has 262 valence electrons. The van der Waals surface area contributed by atoms with Gasteiger partial charge in [-0.15, -0.1) is 0 Å². The number of piperidine rings is 1. The van der Waals surface area contributed by atoms with E-state index < -0.39 is 35.2 Å². The molecule has 0 bridgehead atoms. The zero-order chi connectivity index (χ0) is 35.4. The number of allylic oxidation sites excluding steroid dienone is 3. The van der Waals surface area contributed by atoms with Crippen molar-refractivity contribution in [2.75, 3.05) is 30.3 Å². The van der Waals surface area contributed by atoms with Crippen LogP contribution in [0.3, 0.4) is 0 Å². The number of aromatic nitrogens is 4. The number of carboxylic acids is 1. The fourth-order valence-corrected chi connectivity index (χ4v) is 7.76. The Morgan fingerprint density at radius 2 is 1.84 bits per heavy atom. The predicted octanol–water partition coefficient (Wildman–Crippen LogP) is 6.07. The smallest absolute Gasteiger partial charge is 0.429 e. The molecule has 2 aromatic heterocycles. The molecule has 3 atom stereocenters. The van der Waals surface area contributed by atoms with Crippen LogP contribution in [0.1, 0.15) is 63.3 Å². The molecule has 49 heavy (non-hydrogen) atoms. The van der Waals surface area contributed by atoms with Gasteiger partial charge in [0.15, 0.2) is 0 Å². The second kappa shape index (κ2) is 12.5. The fraction of sp³-hybridized carbons (Fsp3) is 0.500. The fourth-order valence-electron chi connectivity index (χ4n) is 7.76. The van der Waals surface area contributed by atoms with Gasteiger partial charge in [0.25, 0.3) is 0 Å². The first kappa shape index (κ1) is 34.5. The molecule has 1 unspecified atom stereocenters. The van der Waals surface area contributed by atoms with Crippen molar-refractivity contribution in [2.24, 2.45) is 10.8 Å². The molecule has 13 heteroatoms. The van der Waals surface area contributed by atoms with E-state index in [0.29, 0.717) is 50.4 Å². The third kappa shape index (κ3) is 6.64. The van der Waals surface area contributed by atoms with Crippen LogP contribution in [0.5, 0.6) is 5.88 Å². The molecule has 0 amide bonds. The van der Waals surface area contributed by atoms with Gasteiger partial charge in [-0.2, -0.15) is 28.2 Å². The molecule has 2 saturated heterocycles. The highest BCUT2D eigenvalue weighted by Gasteiger charge is 2.58. The minimum Gasteiger partial charge on any atom is -0.480 e. The summed E-state index contributed by atoms with van der Waals surface area (Å²) in [6, 6.07) is 10.6. The van der Waals surface area contributed by atoms with Gasteiger partial charge >= 0.3 is 12.1 Å². The molecule has 3 aromatic rings. The summed E-state index contributed by atoms with van der Waals surface area (Å²) in [5, 5.41) is 17.3. The van der Waals surface area contributed by atoms with E-state index in [1.54, 1.807) is 23.0 Å². The third-order valence-electron chi connectivity index (χ3n) is 10.5. The monoisotopic (exact) mass is 679 g/mol. The van der Waals surface area contributed by atoms with E-state index >= 15 is 13.2 Å². The summed E-state index contributed by atoms with van der Waals surface area (Å²) >= 11 is 0. The van der Waals surface area contributed by atoms with Crippen molar-refractivity contribution in [1.82, 2.24) is 25.1 Å². The van der Waals surface area contributed by atoms with Crippen LogP contribution in [0, 0.1) is 24.7 Å². The normalized spacial score (nSPS) is 23.3. The SMILES string of the molecule is Cc1cccc(C2=CC=C([C@@H](Oc3cc(N4CCC5(CC4)CN[C@H](C(=O)O)C5)nc(N)n3)C(F)(F)F)C(n3ccc(C)n3)(C(C)(C)C)C2)c1. The Kier molecular flexibility index (Phi) is 8.79. The summed E-state index contributed by atoms with van der Waals surface area (Å²) in [5.41, 5.74) is 7.45. The molecule has 1 aromatic carbocycles. The average Bonchev–Trinajstić information content (AvgIpc) is 3.65. The van der Waals surface area contributed by atoms with Gasteiger partial charge in [0, 0.05) is 43.9 Å². The van der Waals surface area contributed by atoms with Gasteiger partial charge in [-0.05, 0) is 61.1 Å². The second-order valence-electron chi connectivity index (χ2n) is 14.8. The van der Waals surface area contributed by atoms with Gasteiger partial charge in [-0.3, -0.25) is 9.48 Å². The van der Waals surface area contributed by atoms with E-state index in [9.17, 15) is 9.90 Å². The minimum absolute atomic E-state index is 0.00682. The number of nitrogens with two attached hydrogens (primary N) is 1. The summed E-state index contributed by atoms with van der Waals surface area (Å²) < 4.78 is 53.7. The third-order valence-corrected chi connectivity index (χ3v) is 10.5. The lowest BCUT2D eigenvalue weighted by molar-refractivity contribution is -0.189. The molecule has 1 aliphatic carbocycles. The van der Waals surface area contributed by atoms with Crippen molar-refractivity contribution >= 4 is 23.3 Å². The maximum absolute atomic E-state index is 15.4. The number of nitrogen functional groups attached to an aromatic ring is 1. The molecular weight excluding hydrogens is 635 g/mol. The molecule has 3 aliphatic rings. The van der Waals surface area contributed by atoms with Crippen molar-refractivity contribution in [3.63, 3.8) is 0 Å². The molecule has 1 spiro atoms.